The van der Waals surface area contributed by atoms with Gasteiger partial charge in [-0.2, -0.15) is 9.97 Å². The van der Waals surface area contributed by atoms with Gasteiger partial charge in [0.05, 0.1) is 21.7 Å². The number of carbonyl (C=O) groups excluding carboxylic acids is 1. The molecule has 19 heteroatoms. The van der Waals surface area contributed by atoms with Gasteiger partial charge in [-0.05, 0) is 70.2 Å². The Morgan fingerprint density at radius 2 is 1.37 bits per heavy atom. The Balaban J connectivity index is 0.000000262. The summed E-state index contributed by atoms with van der Waals surface area (Å²) in [4.78, 5) is 57.6. The molecule has 0 atom stereocenters. The molecule has 1 aliphatic heterocycles. The lowest BCUT2D eigenvalue weighted by atomic mass is 10.2. The Morgan fingerprint density at radius 3 is 1.88 bits per heavy atom. The molecule has 1 amide bonds. The van der Waals surface area contributed by atoms with Crippen LogP contribution < -0.4 is 20.9 Å². The fourth-order valence-corrected chi connectivity index (χ4v) is 6.16. The van der Waals surface area contributed by atoms with Crippen LogP contribution in [0.1, 0.15) is 72.1 Å². The summed E-state index contributed by atoms with van der Waals surface area (Å²) in [6.07, 6.45) is 12.3. The third-order valence-corrected chi connectivity index (χ3v) is 8.76. The third-order valence-electron chi connectivity index (χ3n) is 8.58. The normalized spacial score (nSPS) is 16.6. The first-order valence-electron chi connectivity index (χ1n) is 17.0. The Bertz CT molecular complexity index is 1670. The van der Waals surface area contributed by atoms with Gasteiger partial charge in [-0.15, -0.1) is 0 Å². The fourth-order valence-electron chi connectivity index (χ4n) is 6.03. The zero-order chi connectivity index (χ0) is 36.5. The molecule has 0 bridgehead atoms. The minimum Gasteiger partial charge on any atom is -0.444 e. The van der Waals surface area contributed by atoms with Gasteiger partial charge in [0.15, 0.2) is 0 Å². The highest BCUT2D eigenvalue weighted by atomic mass is 35.5. The van der Waals surface area contributed by atoms with Gasteiger partial charge < -0.3 is 30.5 Å². The predicted molar refractivity (Wildman–Crippen MR) is 192 cm³/mol. The van der Waals surface area contributed by atoms with Crippen LogP contribution in [-0.4, -0.2) is 89.6 Å². The molecular weight excluding hydrogens is 684 g/mol. The number of rotatable bonds is 9. The topological polar surface area (TPSA) is 220 Å². The van der Waals surface area contributed by atoms with Crippen molar-refractivity contribution in [1.82, 2.24) is 29.8 Å². The second-order valence-electron chi connectivity index (χ2n) is 13.5. The van der Waals surface area contributed by atoms with Crippen molar-refractivity contribution >= 4 is 58.2 Å². The first-order chi connectivity index (χ1) is 24.3. The number of piperazine rings is 1. The maximum absolute atomic E-state index is 12.3. The summed E-state index contributed by atoms with van der Waals surface area (Å²) in [6, 6.07) is 4.18. The number of hydrogen-bond donors (Lipinski definition) is 3. The number of anilines is 5. The monoisotopic (exact) mass is 726 g/mol. The summed E-state index contributed by atoms with van der Waals surface area (Å²) in [5.74, 6) is 1.21. The smallest absolute Gasteiger partial charge is 0.410 e. The number of nitrogens with one attached hydrogen (secondary N) is 3. The highest BCUT2D eigenvalue weighted by molar-refractivity contribution is 6.28. The maximum Gasteiger partial charge on any atom is 0.410 e. The molecule has 2 aliphatic carbocycles. The van der Waals surface area contributed by atoms with Gasteiger partial charge >= 0.3 is 17.5 Å². The van der Waals surface area contributed by atoms with Crippen LogP contribution in [0.15, 0.2) is 30.7 Å². The second-order valence-corrected chi connectivity index (χ2v) is 13.9. The molecule has 18 nitrogen and oxygen atoms in total. The van der Waals surface area contributed by atoms with E-state index in [9.17, 15) is 25.0 Å². The molecule has 0 aromatic carbocycles. The van der Waals surface area contributed by atoms with Crippen LogP contribution in [0, 0.1) is 20.2 Å². The second kappa shape index (κ2) is 16.7. The standard InChI is InChI=1S/C23H32N8O4.C9H11ClN4O2/c1-23(2,3)35-22(32)30-12-10-29(11-13-30)17-8-9-19(24-14-17)27-21-25-15-18(31(33)34)20(28-21)26-16-6-4-5-7-16;10-9-11-5-7(14(15)16)8(13-9)12-6-3-1-2-4-6/h8-9,14-16H,4-7,10-13H2,1-3H3,(H2,24,25,26,27,28);5-6H,1-4H2,(H,11,12,13). The van der Waals surface area contributed by atoms with Crippen molar-refractivity contribution in [2.24, 2.45) is 0 Å². The average Bonchev–Trinajstić information content (AvgIpc) is 3.80. The van der Waals surface area contributed by atoms with E-state index in [0.717, 1.165) is 63.3 Å². The van der Waals surface area contributed by atoms with E-state index >= 15 is 0 Å². The molecule has 3 fully saturated rings. The highest BCUT2D eigenvalue weighted by Gasteiger charge is 2.27. The van der Waals surface area contributed by atoms with Crippen molar-refractivity contribution in [2.75, 3.05) is 47.0 Å². The van der Waals surface area contributed by atoms with Crippen molar-refractivity contribution in [3.8, 4) is 0 Å². The van der Waals surface area contributed by atoms with E-state index in [-0.39, 0.29) is 52.4 Å². The van der Waals surface area contributed by atoms with Crippen molar-refractivity contribution in [2.45, 2.75) is 89.8 Å². The van der Waals surface area contributed by atoms with Crippen LogP contribution in [0.5, 0.6) is 0 Å². The highest BCUT2D eigenvalue weighted by Crippen LogP contribution is 2.29. The Labute approximate surface area is 300 Å². The Hall–Kier alpha value is -5.13. The van der Waals surface area contributed by atoms with Gasteiger partial charge in [-0.3, -0.25) is 20.2 Å². The van der Waals surface area contributed by atoms with Crippen LogP contribution >= 0.6 is 11.6 Å². The zero-order valence-corrected chi connectivity index (χ0v) is 29.6. The lowest BCUT2D eigenvalue weighted by Gasteiger charge is -2.36. The van der Waals surface area contributed by atoms with Crippen LogP contribution in [-0.2, 0) is 4.74 Å². The molecule has 1 saturated heterocycles. The van der Waals surface area contributed by atoms with Gasteiger partial charge in [0.1, 0.15) is 23.8 Å². The molecule has 3 N–H and O–H groups in total. The number of hydrogen-bond acceptors (Lipinski definition) is 15. The van der Waals surface area contributed by atoms with Gasteiger partial charge in [0, 0.05) is 38.3 Å². The maximum atomic E-state index is 12.3. The SMILES string of the molecule is CC(C)(C)OC(=O)N1CCN(c2ccc(Nc3ncc([N+](=O)[O-])c(NC4CCCC4)n3)nc2)CC1.O=[N+]([O-])c1cnc(Cl)nc1NC1CCCC1. The first kappa shape index (κ1) is 37.1. The van der Waals surface area contributed by atoms with Gasteiger partial charge in [-0.1, -0.05) is 25.7 Å². The van der Waals surface area contributed by atoms with E-state index in [1.165, 1.54) is 6.20 Å². The molecular formula is C32H43ClN12O6. The minimum absolute atomic E-state index is 0.0195. The van der Waals surface area contributed by atoms with Crippen molar-refractivity contribution in [3.63, 3.8) is 0 Å². The summed E-state index contributed by atoms with van der Waals surface area (Å²) in [5, 5.41) is 31.4. The number of nitrogens with zero attached hydrogens (tertiary/aromatic N) is 9. The van der Waals surface area contributed by atoms with Crippen molar-refractivity contribution < 1.29 is 19.4 Å². The number of pyridine rings is 1. The van der Waals surface area contributed by atoms with Gasteiger partial charge in [0.25, 0.3) is 0 Å². The van der Waals surface area contributed by atoms with Crippen molar-refractivity contribution in [3.05, 3.63) is 56.2 Å². The van der Waals surface area contributed by atoms with E-state index in [1.54, 1.807) is 11.1 Å². The molecule has 4 heterocycles. The number of aromatic nitrogens is 5. The summed E-state index contributed by atoms with van der Waals surface area (Å²) in [7, 11) is 0. The summed E-state index contributed by atoms with van der Waals surface area (Å²) in [6.45, 7) is 8.07. The van der Waals surface area contributed by atoms with Crippen molar-refractivity contribution in [1.29, 1.82) is 0 Å². The molecule has 51 heavy (non-hydrogen) atoms. The molecule has 0 radical (unpaired) electrons. The summed E-state index contributed by atoms with van der Waals surface area (Å²) in [5.41, 5.74) is 0.155. The average molecular weight is 727 g/mol. The van der Waals surface area contributed by atoms with E-state index < -0.39 is 15.4 Å². The first-order valence-corrected chi connectivity index (χ1v) is 17.4. The van der Waals surface area contributed by atoms with Gasteiger partial charge in [0.2, 0.25) is 22.9 Å². The largest absolute Gasteiger partial charge is 0.444 e. The summed E-state index contributed by atoms with van der Waals surface area (Å²) >= 11 is 5.62. The number of nitro groups is 2. The van der Waals surface area contributed by atoms with Crippen LogP contribution in [0.4, 0.5) is 45.3 Å². The number of amides is 1. The third kappa shape index (κ3) is 10.7. The number of ether oxygens (including phenoxy) is 1. The Morgan fingerprint density at radius 1 is 0.824 bits per heavy atom. The van der Waals surface area contributed by atoms with E-state index in [1.807, 2.05) is 32.9 Å². The van der Waals surface area contributed by atoms with Crippen LogP contribution in [0.2, 0.25) is 5.28 Å². The minimum atomic E-state index is -0.512. The molecule has 0 unspecified atom stereocenters. The molecule has 3 aliphatic rings. The molecule has 3 aromatic rings. The van der Waals surface area contributed by atoms with E-state index in [2.05, 4.69) is 45.8 Å². The number of carbonyl (C=O) groups is 1. The number of halogens is 1. The molecule has 274 valence electrons. The quantitative estimate of drug-likeness (QED) is 0.125. The van der Waals surface area contributed by atoms with E-state index in [4.69, 9.17) is 16.3 Å². The lowest BCUT2D eigenvalue weighted by Crippen LogP contribution is -2.50. The fraction of sp³-hybridized carbons (Fsp3) is 0.562. The molecule has 3 aromatic heterocycles. The molecule has 6 rings (SSSR count). The Kier molecular flexibility index (Phi) is 12.2. The summed E-state index contributed by atoms with van der Waals surface area (Å²) < 4.78 is 5.45. The van der Waals surface area contributed by atoms with Gasteiger partial charge in [-0.25, -0.2) is 19.7 Å². The van der Waals surface area contributed by atoms with Crippen LogP contribution in [0.3, 0.4) is 0 Å². The molecule has 0 spiro atoms. The predicted octanol–water partition coefficient (Wildman–Crippen LogP) is 6.33. The van der Waals surface area contributed by atoms with Crippen LogP contribution in [0.25, 0.3) is 0 Å². The van der Waals surface area contributed by atoms with E-state index in [0.29, 0.717) is 32.0 Å². The zero-order valence-electron chi connectivity index (χ0n) is 28.9. The lowest BCUT2D eigenvalue weighted by molar-refractivity contribution is -0.384. The molecule has 2 saturated carbocycles.